The van der Waals surface area contributed by atoms with Gasteiger partial charge in [-0.15, -0.1) is 0 Å². The van der Waals surface area contributed by atoms with E-state index in [0.717, 1.165) is 35.0 Å². The number of carbonyl (C=O) groups is 2. The van der Waals surface area contributed by atoms with Crippen LogP contribution in [0.15, 0.2) is 60.8 Å². The number of nitrogens with one attached hydrogen (secondary N) is 1. The van der Waals surface area contributed by atoms with E-state index in [1.54, 1.807) is 11.1 Å². The lowest BCUT2D eigenvalue weighted by molar-refractivity contribution is -0.129. The fraction of sp³-hybridized carbons (Fsp3) is 0.200. The van der Waals surface area contributed by atoms with Gasteiger partial charge in [-0.1, -0.05) is 48.5 Å². The summed E-state index contributed by atoms with van der Waals surface area (Å²) in [6.07, 6.45) is 6.03. The molecule has 1 heterocycles. The second-order valence-corrected chi connectivity index (χ2v) is 7.75. The van der Waals surface area contributed by atoms with Gasteiger partial charge in [-0.05, 0) is 52.6 Å². The van der Waals surface area contributed by atoms with Crippen molar-refractivity contribution in [2.45, 2.75) is 32.2 Å². The van der Waals surface area contributed by atoms with Gasteiger partial charge in [-0.3, -0.25) is 9.59 Å². The normalized spacial score (nSPS) is 16.7. The van der Waals surface area contributed by atoms with Crippen molar-refractivity contribution >= 4 is 34.4 Å². The third-order valence-corrected chi connectivity index (χ3v) is 6.00. The third kappa shape index (κ3) is 3.01. The zero-order valence-electron chi connectivity index (χ0n) is 16.3. The predicted octanol–water partition coefficient (Wildman–Crippen LogP) is 4.84. The highest BCUT2D eigenvalue weighted by Crippen LogP contribution is 2.36. The fourth-order valence-electron chi connectivity index (χ4n) is 4.65. The summed E-state index contributed by atoms with van der Waals surface area (Å²) in [5.74, 6) is -0.163. The molecule has 0 spiro atoms. The first-order valence-corrected chi connectivity index (χ1v) is 10.0. The molecule has 1 aliphatic heterocycles. The molecule has 1 unspecified atom stereocenters. The van der Waals surface area contributed by atoms with Gasteiger partial charge < -0.3 is 10.2 Å². The molecule has 3 aromatic rings. The standard InChI is InChI=1S/C25H22N2O2/c1-16(28)27-14-13-17-5-2-3-7-20(17)23(27)15-24(29)26-22-12-11-19-10-9-18-6-4-8-21(22)25(18)19/h2-8,11-14,23H,9-10,15H2,1H3,(H,26,29). The molecular weight excluding hydrogens is 360 g/mol. The molecule has 144 valence electrons. The first-order valence-electron chi connectivity index (χ1n) is 10.0. The molecule has 0 saturated carbocycles. The molecule has 4 heteroatoms. The van der Waals surface area contributed by atoms with E-state index in [1.165, 1.54) is 23.4 Å². The first kappa shape index (κ1) is 17.7. The zero-order valence-corrected chi connectivity index (χ0v) is 16.3. The van der Waals surface area contributed by atoms with Crippen LogP contribution in [0.3, 0.4) is 0 Å². The summed E-state index contributed by atoms with van der Waals surface area (Å²) in [5, 5.41) is 5.48. The van der Waals surface area contributed by atoms with Crippen LogP contribution in [0.25, 0.3) is 16.8 Å². The number of amides is 2. The SMILES string of the molecule is CC(=O)N1C=Cc2ccccc2C1CC(=O)Nc1ccc2c3c(cccc13)CC2. The van der Waals surface area contributed by atoms with E-state index < -0.39 is 0 Å². The number of anilines is 1. The smallest absolute Gasteiger partial charge is 0.226 e. The number of hydrogen-bond acceptors (Lipinski definition) is 2. The number of fused-ring (bicyclic) bond motifs is 1. The quantitative estimate of drug-likeness (QED) is 0.705. The minimum absolute atomic E-state index is 0.0705. The molecule has 2 amide bonds. The van der Waals surface area contributed by atoms with Crippen molar-refractivity contribution in [3.63, 3.8) is 0 Å². The van der Waals surface area contributed by atoms with Gasteiger partial charge in [0.1, 0.15) is 0 Å². The molecule has 4 nitrogen and oxygen atoms in total. The van der Waals surface area contributed by atoms with Crippen molar-refractivity contribution in [3.05, 3.63) is 83.1 Å². The van der Waals surface area contributed by atoms with Gasteiger partial charge in [0.15, 0.2) is 0 Å². The van der Waals surface area contributed by atoms with Crippen molar-refractivity contribution in [2.75, 3.05) is 5.32 Å². The highest BCUT2D eigenvalue weighted by Gasteiger charge is 2.28. The summed E-state index contributed by atoms with van der Waals surface area (Å²) in [5.41, 5.74) is 5.59. The maximum atomic E-state index is 13.0. The third-order valence-electron chi connectivity index (χ3n) is 6.00. The lowest BCUT2D eigenvalue weighted by atomic mass is 9.93. The van der Waals surface area contributed by atoms with E-state index in [1.807, 2.05) is 36.4 Å². The second kappa shape index (κ2) is 6.89. The van der Waals surface area contributed by atoms with Gasteiger partial charge in [0.05, 0.1) is 12.5 Å². The molecule has 1 atom stereocenters. The number of aryl methyl sites for hydroxylation is 2. The largest absolute Gasteiger partial charge is 0.325 e. The number of nitrogens with zero attached hydrogens (tertiary/aromatic N) is 1. The van der Waals surface area contributed by atoms with Crippen LogP contribution in [0, 0.1) is 0 Å². The van der Waals surface area contributed by atoms with Crippen LogP contribution in [0.5, 0.6) is 0 Å². The highest BCUT2D eigenvalue weighted by atomic mass is 16.2. The summed E-state index contributed by atoms with van der Waals surface area (Å²) < 4.78 is 0. The van der Waals surface area contributed by atoms with Crippen LogP contribution in [0.1, 0.15) is 41.6 Å². The van der Waals surface area contributed by atoms with Gasteiger partial charge in [0.25, 0.3) is 0 Å². The van der Waals surface area contributed by atoms with Crippen LogP contribution in [0.4, 0.5) is 5.69 Å². The second-order valence-electron chi connectivity index (χ2n) is 7.75. The van der Waals surface area contributed by atoms with Gasteiger partial charge in [-0.25, -0.2) is 0 Å². The van der Waals surface area contributed by atoms with Crippen LogP contribution in [-0.4, -0.2) is 16.7 Å². The molecule has 0 aromatic heterocycles. The van der Waals surface area contributed by atoms with Crippen molar-refractivity contribution < 1.29 is 9.59 Å². The van der Waals surface area contributed by atoms with Crippen LogP contribution >= 0.6 is 0 Å². The molecular formula is C25H22N2O2. The lowest BCUT2D eigenvalue weighted by Crippen LogP contribution is -2.33. The van der Waals surface area contributed by atoms with Gasteiger partial charge in [-0.2, -0.15) is 0 Å². The van der Waals surface area contributed by atoms with E-state index >= 15 is 0 Å². The van der Waals surface area contributed by atoms with Gasteiger partial charge in [0, 0.05) is 24.2 Å². The summed E-state index contributed by atoms with van der Waals surface area (Å²) >= 11 is 0. The zero-order chi connectivity index (χ0) is 20.0. The summed E-state index contributed by atoms with van der Waals surface area (Å²) in [6, 6.07) is 18.0. The Kier molecular flexibility index (Phi) is 4.20. The Morgan fingerprint density at radius 1 is 1.00 bits per heavy atom. The van der Waals surface area contributed by atoms with E-state index in [4.69, 9.17) is 0 Å². The average molecular weight is 382 g/mol. The van der Waals surface area contributed by atoms with Crippen molar-refractivity contribution in [1.82, 2.24) is 4.90 Å². The maximum absolute atomic E-state index is 13.0. The molecule has 3 aromatic carbocycles. The molecule has 29 heavy (non-hydrogen) atoms. The maximum Gasteiger partial charge on any atom is 0.226 e. The number of rotatable bonds is 3. The molecule has 0 radical (unpaired) electrons. The minimum Gasteiger partial charge on any atom is -0.325 e. The van der Waals surface area contributed by atoms with Gasteiger partial charge >= 0.3 is 0 Å². The Hall–Kier alpha value is -3.40. The Bertz CT molecular complexity index is 1170. The summed E-state index contributed by atoms with van der Waals surface area (Å²) in [7, 11) is 0. The molecule has 0 saturated heterocycles. The van der Waals surface area contributed by atoms with Crippen molar-refractivity contribution in [3.8, 4) is 0 Å². The molecule has 5 rings (SSSR count). The van der Waals surface area contributed by atoms with Crippen LogP contribution in [-0.2, 0) is 22.4 Å². The summed E-state index contributed by atoms with van der Waals surface area (Å²) in [6.45, 7) is 1.53. The van der Waals surface area contributed by atoms with E-state index in [-0.39, 0.29) is 24.3 Å². The minimum atomic E-state index is -0.300. The number of hydrogen-bond donors (Lipinski definition) is 1. The molecule has 1 aliphatic carbocycles. The molecule has 1 N–H and O–H groups in total. The van der Waals surface area contributed by atoms with E-state index in [9.17, 15) is 9.59 Å². The Morgan fingerprint density at radius 3 is 2.62 bits per heavy atom. The first-order chi connectivity index (χ1) is 14.1. The van der Waals surface area contributed by atoms with Crippen molar-refractivity contribution in [1.29, 1.82) is 0 Å². The highest BCUT2D eigenvalue weighted by molar-refractivity contribution is 6.05. The van der Waals surface area contributed by atoms with Crippen LogP contribution < -0.4 is 5.32 Å². The lowest BCUT2D eigenvalue weighted by Gasteiger charge is -2.32. The molecule has 0 fully saturated rings. The van der Waals surface area contributed by atoms with Crippen LogP contribution in [0.2, 0.25) is 0 Å². The van der Waals surface area contributed by atoms with E-state index in [2.05, 4.69) is 29.6 Å². The molecule has 2 aliphatic rings. The monoisotopic (exact) mass is 382 g/mol. The van der Waals surface area contributed by atoms with Crippen molar-refractivity contribution in [2.24, 2.45) is 0 Å². The predicted molar refractivity (Wildman–Crippen MR) is 115 cm³/mol. The van der Waals surface area contributed by atoms with E-state index in [0.29, 0.717) is 0 Å². The topological polar surface area (TPSA) is 49.4 Å². The average Bonchev–Trinajstić information content (AvgIpc) is 3.15. The van der Waals surface area contributed by atoms with Gasteiger partial charge in [0.2, 0.25) is 11.8 Å². The Morgan fingerprint density at radius 2 is 1.79 bits per heavy atom. The summed E-state index contributed by atoms with van der Waals surface area (Å²) in [4.78, 5) is 26.8. The Labute approximate surface area is 169 Å². The number of benzene rings is 3. The Balaban J connectivity index is 1.44. The number of carbonyl (C=O) groups excluding carboxylic acids is 2. The fourth-order valence-corrected chi connectivity index (χ4v) is 4.65. The molecule has 0 bridgehead atoms.